The number of aliphatic hydroxyl groups excluding tert-OH is 2. The van der Waals surface area contributed by atoms with Crippen LogP contribution in [0.5, 0.6) is 0 Å². The molecule has 6 heteroatoms. The summed E-state index contributed by atoms with van der Waals surface area (Å²) in [7, 11) is 0. The molecule has 1 heterocycles. The fourth-order valence-corrected chi connectivity index (χ4v) is 4.63. The quantitative estimate of drug-likeness (QED) is 0.277. The van der Waals surface area contributed by atoms with Crippen molar-refractivity contribution in [2.75, 3.05) is 65.7 Å². The van der Waals surface area contributed by atoms with Crippen molar-refractivity contribution in [2.24, 2.45) is 11.8 Å². The fourth-order valence-electron chi connectivity index (χ4n) is 4.63. The van der Waals surface area contributed by atoms with Gasteiger partial charge in [-0.05, 0) is 44.2 Å². The molecule has 0 radical (unpaired) electrons. The Labute approximate surface area is 205 Å². The van der Waals surface area contributed by atoms with Crippen LogP contribution in [-0.2, 0) is 9.47 Å². The standard InChI is InChI=1S/C27H56N2O4/c1-5-9-12-24(7-3)20-32-22-26(30)18-28-14-11-15-29(17-16-28)19-27(31)23-33-21-25(8-4)13-10-6-2/h24-27,30-31H,5-23H2,1-4H3. The molecule has 2 N–H and O–H groups in total. The number of β-amino-alcohol motifs (C(OH)–C–C–N with tert-alkyl or cyclic N) is 2. The first-order valence-electron chi connectivity index (χ1n) is 14.0. The van der Waals surface area contributed by atoms with Gasteiger partial charge in [0.25, 0.3) is 0 Å². The van der Waals surface area contributed by atoms with Crippen molar-refractivity contribution < 1.29 is 19.7 Å². The van der Waals surface area contributed by atoms with Crippen molar-refractivity contribution in [1.29, 1.82) is 0 Å². The van der Waals surface area contributed by atoms with E-state index < -0.39 is 12.2 Å². The van der Waals surface area contributed by atoms with E-state index in [1.165, 1.54) is 38.5 Å². The third-order valence-corrected chi connectivity index (χ3v) is 7.03. The van der Waals surface area contributed by atoms with Crippen molar-refractivity contribution in [1.82, 2.24) is 9.80 Å². The molecule has 0 aromatic rings. The highest BCUT2D eigenvalue weighted by Gasteiger charge is 2.20. The number of hydrogen-bond donors (Lipinski definition) is 2. The van der Waals surface area contributed by atoms with Crippen LogP contribution in [0.2, 0.25) is 0 Å². The summed E-state index contributed by atoms with van der Waals surface area (Å²) in [5.41, 5.74) is 0. The second kappa shape index (κ2) is 20.0. The van der Waals surface area contributed by atoms with Gasteiger partial charge in [0.2, 0.25) is 0 Å². The SMILES string of the molecule is CCCCC(CC)COCC(O)CN1CCCN(CC(O)COCC(CC)CCCC)CC1. The summed E-state index contributed by atoms with van der Waals surface area (Å²) in [6, 6.07) is 0. The second-order valence-electron chi connectivity index (χ2n) is 10.2. The minimum absolute atomic E-state index is 0.426. The van der Waals surface area contributed by atoms with Crippen LogP contribution in [0.15, 0.2) is 0 Å². The summed E-state index contributed by atoms with van der Waals surface area (Å²) < 4.78 is 11.7. The number of rotatable bonds is 20. The van der Waals surface area contributed by atoms with E-state index in [2.05, 4.69) is 37.5 Å². The molecule has 1 aliphatic heterocycles. The summed E-state index contributed by atoms with van der Waals surface area (Å²) in [6.45, 7) is 16.4. The Morgan fingerprint density at radius 1 is 0.636 bits per heavy atom. The van der Waals surface area contributed by atoms with Crippen LogP contribution < -0.4 is 0 Å². The van der Waals surface area contributed by atoms with Crippen molar-refractivity contribution in [3.05, 3.63) is 0 Å². The zero-order valence-electron chi connectivity index (χ0n) is 22.3. The van der Waals surface area contributed by atoms with Crippen LogP contribution in [0.25, 0.3) is 0 Å². The zero-order valence-corrected chi connectivity index (χ0v) is 22.3. The first kappa shape index (κ1) is 30.8. The van der Waals surface area contributed by atoms with Gasteiger partial charge in [-0.1, -0.05) is 66.2 Å². The molecule has 198 valence electrons. The molecular formula is C27H56N2O4. The van der Waals surface area contributed by atoms with E-state index in [4.69, 9.17) is 9.47 Å². The lowest BCUT2D eigenvalue weighted by molar-refractivity contribution is -0.0000781. The monoisotopic (exact) mass is 472 g/mol. The molecule has 0 aromatic carbocycles. The maximum absolute atomic E-state index is 10.4. The molecule has 0 saturated carbocycles. The number of unbranched alkanes of at least 4 members (excludes halogenated alkanes) is 2. The van der Waals surface area contributed by atoms with Gasteiger partial charge < -0.3 is 19.7 Å². The predicted molar refractivity (Wildman–Crippen MR) is 138 cm³/mol. The zero-order chi connectivity index (χ0) is 24.3. The summed E-state index contributed by atoms with van der Waals surface area (Å²) in [5, 5.41) is 20.9. The summed E-state index contributed by atoms with van der Waals surface area (Å²) in [6.07, 6.45) is 9.91. The summed E-state index contributed by atoms with van der Waals surface area (Å²) in [4.78, 5) is 4.68. The Kier molecular flexibility index (Phi) is 18.7. The molecule has 4 unspecified atom stereocenters. The average molecular weight is 473 g/mol. The van der Waals surface area contributed by atoms with Gasteiger partial charge in [0.15, 0.2) is 0 Å². The van der Waals surface area contributed by atoms with E-state index in [1.54, 1.807) is 0 Å². The van der Waals surface area contributed by atoms with Gasteiger partial charge in [-0.25, -0.2) is 0 Å². The van der Waals surface area contributed by atoms with E-state index in [9.17, 15) is 10.2 Å². The smallest absolute Gasteiger partial charge is 0.0900 e. The molecule has 1 fully saturated rings. The topological polar surface area (TPSA) is 65.4 Å². The molecule has 0 aliphatic carbocycles. The highest BCUT2D eigenvalue weighted by Crippen LogP contribution is 2.14. The number of aliphatic hydroxyl groups is 2. The van der Waals surface area contributed by atoms with Gasteiger partial charge in [0, 0.05) is 39.4 Å². The van der Waals surface area contributed by atoms with E-state index in [0.29, 0.717) is 38.1 Å². The molecule has 33 heavy (non-hydrogen) atoms. The lowest BCUT2D eigenvalue weighted by atomic mass is 10.0. The third kappa shape index (κ3) is 15.4. The van der Waals surface area contributed by atoms with Crippen LogP contribution in [0, 0.1) is 11.8 Å². The fraction of sp³-hybridized carbons (Fsp3) is 1.00. The summed E-state index contributed by atoms with van der Waals surface area (Å²) in [5.74, 6) is 1.23. The average Bonchev–Trinajstić information content (AvgIpc) is 3.03. The van der Waals surface area contributed by atoms with Gasteiger partial charge in [-0.15, -0.1) is 0 Å². The van der Waals surface area contributed by atoms with Crippen LogP contribution in [-0.4, -0.2) is 97.9 Å². The number of nitrogens with zero attached hydrogens (tertiary/aromatic N) is 2. The second-order valence-corrected chi connectivity index (χ2v) is 10.2. The highest BCUT2D eigenvalue weighted by molar-refractivity contribution is 4.74. The van der Waals surface area contributed by atoms with Crippen molar-refractivity contribution in [3.63, 3.8) is 0 Å². The van der Waals surface area contributed by atoms with E-state index in [1.807, 2.05) is 0 Å². The van der Waals surface area contributed by atoms with Gasteiger partial charge >= 0.3 is 0 Å². The van der Waals surface area contributed by atoms with Crippen LogP contribution in [0.1, 0.15) is 85.5 Å². The molecule has 0 amide bonds. The molecule has 0 aromatic heterocycles. The first-order chi connectivity index (χ1) is 16.0. The van der Waals surface area contributed by atoms with Gasteiger partial charge in [0.05, 0.1) is 25.4 Å². The minimum atomic E-state index is -0.432. The van der Waals surface area contributed by atoms with Crippen LogP contribution in [0.4, 0.5) is 0 Å². The molecular weight excluding hydrogens is 416 g/mol. The van der Waals surface area contributed by atoms with Crippen LogP contribution in [0.3, 0.4) is 0 Å². The van der Waals surface area contributed by atoms with Crippen molar-refractivity contribution in [3.8, 4) is 0 Å². The third-order valence-electron chi connectivity index (χ3n) is 7.03. The molecule has 4 atom stereocenters. The number of hydrogen-bond acceptors (Lipinski definition) is 6. The van der Waals surface area contributed by atoms with Gasteiger partial charge in [0.1, 0.15) is 0 Å². The van der Waals surface area contributed by atoms with E-state index in [-0.39, 0.29) is 0 Å². The number of ether oxygens (including phenoxy) is 2. The molecule has 0 bridgehead atoms. The summed E-state index contributed by atoms with van der Waals surface area (Å²) >= 11 is 0. The molecule has 0 spiro atoms. The Morgan fingerprint density at radius 3 is 1.42 bits per heavy atom. The molecule has 1 rings (SSSR count). The largest absolute Gasteiger partial charge is 0.389 e. The Hall–Kier alpha value is -0.240. The van der Waals surface area contributed by atoms with Gasteiger partial charge in [-0.3, -0.25) is 9.80 Å². The maximum Gasteiger partial charge on any atom is 0.0900 e. The lowest BCUT2D eigenvalue weighted by Gasteiger charge is -2.25. The highest BCUT2D eigenvalue weighted by atomic mass is 16.5. The normalized spacial score (nSPS) is 19.8. The lowest BCUT2D eigenvalue weighted by Crippen LogP contribution is -2.40. The Balaban J connectivity index is 2.21. The first-order valence-corrected chi connectivity index (χ1v) is 14.0. The van der Waals surface area contributed by atoms with Gasteiger partial charge in [-0.2, -0.15) is 0 Å². The van der Waals surface area contributed by atoms with E-state index in [0.717, 1.165) is 58.7 Å². The maximum atomic E-state index is 10.4. The predicted octanol–water partition coefficient (Wildman–Crippen LogP) is 4.18. The Bertz CT molecular complexity index is 402. The molecule has 1 saturated heterocycles. The Morgan fingerprint density at radius 2 is 1.06 bits per heavy atom. The molecule has 1 aliphatic rings. The van der Waals surface area contributed by atoms with Crippen molar-refractivity contribution >= 4 is 0 Å². The van der Waals surface area contributed by atoms with Crippen LogP contribution >= 0.6 is 0 Å². The van der Waals surface area contributed by atoms with Crippen molar-refractivity contribution in [2.45, 2.75) is 97.7 Å². The minimum Gasteiger partial charge on any atom is -0.389 e. The van der Waals surface area contributed by atoms with E-state index >= 15 is 0 Å². The molecule has 6 nitrogen and oxygen atoms in total.